The SMILES string of the molecule is Cc1csc(NC(=O)Cc2ccc3c(c2)ncn3C(C)C)n1. The number of rotatable bonds is 4. The van der Waals surface area contributed by atoms with Gasteiger partial charge in [0.15, 0.2) is 5.13 Å². The molecule has 22 heavy (non-hydrogen) atoms. The molecule has 0 radical (unpaired) electrons. The van der Waals surface area contributed by atoms with Crippen molar-refractivity contribution in [2.24, 2.45) is 0 Å². The van der Waals surface area contributed by atoms with Crippen molar-refractivity contribution in [3.8, 4) is 0 Å². The minimum Gasteiger partial charge on any atom is -0.328 e. The number of carbonyl (C=O) groups excluding carboxylic acids is 1. The summed E-state index contributed by atoms with van der Waals surface area (Å²) in [6.07, 6.45) is 2.17. The minimum absolute atomic E-state index is 0.0583. The van der Waals surface area contributed by atoms with Crippen LogP contribution in [0.5, 0.6) is 0 Å². The van der Waals surface area contributed by atoms with Gasteiger partial charge in [0.05, 0.1) is 29.5 Å². The number of nitrogens with one attached hydrogen (secondary N) is 1. The molecule has 1 amide bonds. The Bertz CT molecular complexity index is 819. The third-order valence-electron chi connectivity index (χ3n) is 3.43. The monoisotopic (exact) mass is 314 g/mol. The van der Waals surface area contributed by atoms with Crippen molar-refractivity contribution in [1.29, 1.82) is 0 Å². The maximum absolute atomic E-state index is 12.1. The van der Waals surface area contributed by atoms with Crippen LogP contribution in [0.1, 0.15) is 31.1 Å². The first-order valence-corrected chi connectivity index (χ1v) is 8.08. The molecule has 2 heterocycles. The zero-order valence-corrected chi connectivity index (χ0v) is 13.6. The number of nitrogens with zero attached hydrogens (tertiary/aromatic N) is 3. The van der Waals surface area contributed by atoms with E-state index in [-0.39, 0.29) is 5.91 Å². The molecular formula is C16H18N4OS. The molecule has 0 atom stereocenters. The predicted octanol–water partition coefficient (Wildman–Crippen LogP) is 3.56. The van der Waals surface area contributed by atoms with E-state index in [2.05, 4.69) is 33.7 Å². The van der Waals surface area contributed by atoms with Crippen LogP contribution in [0.15, 0.2) is 29.9 Å². The van der Waals surface area contributed by atoms with Gasteiger partial charge >= 0.3 is 0 Å². The summed E-state index contributed by atoms with van der Waals surface area (Å²) >= 11 is 1.44. The Balaban J connectivity index is 1.75. The zero-order chi connectivity index (χ0) is 15.7. The van der Waals surface area contributed by atoms with Crippen LogP contribution in [-0.4, -0.2) is 20.4 Å². The summed E-state index contributed by atoms with van der Waals surface area (Å²) in [6.45, 7) is 6.15. The van der Waals surface area contributed by atoms with Gasteiger partial charge in [0.1, 0.15) is 0 Å². The fourth-order valence-electron chi connectivity index (χ4n) is 2.36. The van der Waals surface area contributed by atoms with E-state index < -0.39 is 0 Å². The third-order valence-corrected chi connectivity index (χ3v) is 4.30. The maximum Gasteiger partial charge on any atom is 0.230 e. The molecule has 6 heteroatoms. The molecule has 1 aromatic carbocycles. The predicted molar refractivity (Wildman–Crippen MR) is 89.3 cm³/mol. The molecule has 0 unspecified atom stereocenters. The fourth-order valence-corrected chi connectivity index (χ4v) is 3.06. The number of hydrogen-bond acceptors (Lipinski definition) is 4. The molecule has 0 aliphatic rings. The lowest BCUT2D eigenvalue weighted by Gasteiger charge is -2.08. The van der Waals surface area contributed by atoms with Gasteiger partial charge in [0.25, 0.3) is 0 Å². The number of benzene rings is 1. The molecule has 3 aromatic rings. The van der Waals surface area contributed by atoms with Crippen LogP contribution < -0.4 is 5.32 Å². The average molecular weight is 314 g/mol. The Morgan fingerprint density at radius 3 is 2.91 bits per heavy atom. The topological polar surface area (TPSA) is 59.8 Å². The number of aryl methyl sites for hydroxylation is 1. The second-order valence-corrected chi connectivity index (χ2v) is 6.45. The van der Waals surface area contributed by atoms with Gasteiger partial charge in [-0.15, -0.1) is 11.3 Å². The number of thiazole rings is 1. The van der Waals surface area contributed by atoms with Crippen LogP contribution in [0, 0.1) is 6.92 Å². The van der Waals surface area contributed by atoms with E-state index in [1.54, 1.807) is 0 Å². The van der Waals surface area contributed by atoms with Gasteiger partial charge in [-0.3, -0.25) is 4.79 Å². The number of imidazole rings is 1. The van der Waals surface area contributed by atoms with Crippen LogP contribution in [-0.2, 0) is 11.2 Å². The van der Waals surface area contributed by atoms with Crippen molar-refractivity contribution in [3.63, 3.8) is 0 Å². The molecule has 0 aliphatic carbocycles. The molecule has 114 valence electrons. The summed E-state index contributed by atoms with van der Waals surface area (Å²) in [4.78, 5) is 20.7. The van der Waals surface area contributed by atoms with E-state index in [0.717, 1.165) is 22.3 Å². The second-order valence-electron chi connectivity index (χ2n) is 5.59. The summed E-state index contributed by atoms with van der Waals surface area (Å²) in [7, 11) is 0. The highest BCUT2D eigenvalue weighted by Gasteiger charge is 2.10. The number of fused-ring (bicyclic) bond motifs is 1. The van der Waals surface area contributed by atoms with E-state index in [4.69, 9.17) is 0 Å². The lowest BCUT2D eigenvalue weighted by Crippen LogP contribution is -2.14. The van der Waals surface area contributed by atoms with E-state index in [1.165, 1.54) is 11.3 Å². The van der Waals surface area contributed by atoms with Gasteiger partial charge in [-0.25, -0.2) is 9.97 Å². The first kappa shape index (κ1) is 14.7. The molecule has 0 aliphatic heterocycles. The standard InChI is InChI=1S/C16H18N4OS/c1-10(2)20-9-17-13-6-12(4-5-14(13)20)7-15(21)19-16-18-11(3)8-22-16/h4-6,8-10H,7H2,1-3H3,(H,18,19,21). The summed E-state index contributed by atoms with van der Waals surface area (Å²) < 4.78 is 2.12. The van der Waals surface area contributed by atoms with Gasteiger partial charge in [-0.1, -0.05) is 6.07 Å². The largest absolute Gasteiger partial charge is 0.328 e. The van der Waals surface area contributed by atoms with Gasteiger partial charge in [0, 0.05) is 11.4 Å². The lowest BCUT2D eigenvalue weighted by molar-refractivity contribution is -0.115. The van der Waals surface area contributed by atoms with Crippen LogP contribution in [0.25, 0.3) is 11.0 Å². The van der Waals surface area contributed by atoms with Crippen molar-refractivity contribution < 1.29 is 4.79 Å². The maximum atomic E-state index is 12.1. The Morgan fingerprint density at radius 2 is 2.23 bits per heavy atom. The number of anilines is 1. The highest BCUT2D eigenvalue weighted by molar-refractivity contribution is 7.13. The van der Waals surface area contributed by atoms with Crippen molar-refractivity contribution in [1.82, 2.24) is 14.5 Å². The highest BCUT2D eigenvalue weighted by atomic mass is 32.1. The van der Waals surface area contributed by atoms with Crippen molar-refractivity contribution in [2.45, 2.75) is 33.2 Å². The zero-order valence-electron chi connectivity index (χ0n) is 12.8. The molecule has 0 saturated heterocycles. The molecule has 0 bridgehead atoms. The van der Waals surface area contributed by atoms with E-state index in [1.807, 2.05) is 36.8 Å². The van der Waals surface area contributed by atoms with Crippen LogP contribution in [0.2, 0.25) is 0 Å². The lowest BCUT2D eigenvalue weighted by atomic mass is 10.1. The Morgan fingerprint density at radius 1 is 1.41 bits per heavy atom. The Labute approximate surface area is 133 Å². The highest BCUT2D eigenvalue weighted by Crippen LogP contribution is 2.20. The van der Waals surface area contributed by atoms with Crippen molar-refractivity contribution in [2.75, 3.05) is 5.32 Å². The van der Waals surface area contributed by atoms with Crippen LogP contribution in [0.4, 0.5) is 5.13 Å². The van der Waals surface area contributed by atoms with E-state index in [0.29, 0.717) is 17.6 Å². The number of amides is 1. The fraction of sp³-hybridized carbons (Fsp3) is 0.312. The molecule has 3 rings (SSSR count). The van der Waals surface area contributed by atoms with Gasteiger partial charge in [-0.2, -0.15) is 0 Å². The van der Waals surface area contributed by atoms with Crippen molar-refractivity contribution >= 4 is 33.4 Å². The molecule has 0 saturated carbocycles. The summed E-state index contributed by atoms with van der Waals surface area (Å²) in [5.74, 6) is -0.0583. The van der Waals surface area contributed by atoms with Crippen LogP contribution >= 0.6 is 11.3 Å². The number of carbonyl (C=O) groups is 1. The summed E-state index contributed by atoms with van der Waals surface area (Å²) in [5, 5.41) is 5.39. The van der Waals surface area contributed by atoms with Gasteiger partial charge in [-0.05, 0) is 38.5 Å². The van der Waals surface area contributed by atoms with Gasteiger partial charge < -0.3 is 9.88 Å². The normalized spacial score (nSPS) is 11.3. The Hall–Kier alpha value is -2.21. The first-order chi connectivity index (χ1) is 10.5. The second kappa shape index (κ2) is 5.88. The number of hydrogen-bond donors (Lipinski definition) is 1. The number of aromatic nitrogens is 3. The average Bonchev–Trinajstić information content (AvgIpc) is 3.04. The van der Waals surface area contributed by atoms with E-state index in [9.17, 15) is 4.79 Å². The first-order valence-electron chi connectivity index (χ1n) is 7.20. The molecule has 1 N–H and O–H groups in total. The van der Waals surface area contributed by atoms with Gasteiger partial charge in [0.2, 0.25) is 5.91 Å². The summed E-state index contributed by atoms with van der Waals surface area (Å²) in [6, 6.07) is 6.35. The molecule has 0 spiro atoms. The molecular weight excluding hydrogens is 296 g/mol. The van der Waals surface area contributed by atoms with Crippen molar-refractivity contribution in [3.05, 3.63) is 41.2 Å². The summed E-state index contributed by atoms with van der Waals surface area (Å²) in [5.41, 5.74) is 3.88. The smallest absolute Gasteiger partial charge is 0.230 e. The Kier molecular flexibility index (Phi) is 3.94. The molecule has 2 aromatic heterocycles. The quantitative estimate of drug-likeness (QED) is 0.801. The molecule has 0 fully saturated rings. The minimum atomic E-state index is -0.0583. The van der Waals surface area contributed by atoms with E-state index >= 15 is 0 Å². The molecule has 5 nitrogen and oxygen atoms in total. The van der Waals surface area contributed by atoms with Crippen LogP contribution in [0.3, 0.4) is 0 Å². The third kappa shape index (κ3) is 3.01.